The van der Waals surface area contributed by atoms with Gasteiger partial charge in [-0.25, -0.2) is 21.9 Å². The molecule has 8 heteroatoms. The van der Waals surface area contributed by atoms with E-state index >= 15 is 0 Å². The first-order chi connectivity index (χ1) is 13.8. The van der Waals surface area contributed by atoms with E-state index in [0.717, 1.165) is 11.6 Å². The summed E-state index contributed by atoms with van der Waals surface area (Å²) < 4.78 is 53.0. The fraction of sp³-hybridized carbons (Fsp3) is 0.0952. The quantitative estimate of drug-likeness (QED) is 0.620. The Kier molecular flexibility index (Phi) is 6.36. The van der Waals surface area contributed by atoms with E-state index in [1.807, 2.05) is 0 Å². The van der Waals surface area contributed by atoms with Crippen LogP contribution < -0.4 is 10.0 Å². The van der Waals surface area contributed by atoms with Crippen LogP contribution in [0.1, 0.15) is 21.5 Å². The van der Waals surface area contributed by atoms with Crippen molar-refractivity contribution in [3.8, 4) is 0 Å². The van der Waals surface area contributed by atoms with Crippen molar-refractivity contribution in [2.75, 3.05) is 0 Å². The largest absolute Gasteiger partial charge is 0.348 e. The van der Waals surface area contributed by atoms with Crippen LogP contribution in [0, 0.1) is 11.6 Å². The van der Waals surface area contributed by atoms with E-state index in [9.17, 15) is 22.0 Å². The Morgan fingerprint density at radius 3 is 2.03 bits per heavy atom. The molecule has 3 rings (SSSR count). The van der Waals surface area contributed by atoms with Gasteiger partial charge in [0.25, 0.3) is 5.91 Å². The number of rotatable bonds is 7. The summed E-state index contributed by atoms with van der Waals surface area (Å²) in [6, 6.07) is 17.0. The lowest BCUT2D eigenvalue weighted by Gasteiger charge is -2.09. The molecule has 1 amide bonds. The molecule has 0 fully saturated rings. The molecule has 3 aromatic rings. The number of carbonyl (C=O) groups is 1. The second kappa shape index (κ2) is 8.93. The summed E-state index contributed by atoms with van der Waals surface area (Å²) in [5, 5.41) is 2.73. The van der Waals surface area contributed by atoms with Gasteiger partial charge in [-0.15, -0.1) is 0 Å². The Balaban J connectivity index is 1.55. The maximum absolute atomic E-state index is 13.2. The number of nitrogens with one attached hydrogen (secondary N) is 2. The second-order valence-corrected chi connectivity index (χ2v) is 8.05. The van der Waals surface area contributed by atoms with Gasteiger partial charge in [-0.3, -0.25) is 4.79 Å². The van der Waals surface area contributed by atoms with Gasteiger partial charge in [0.15, 0.2) is 0 Å². The lowest BCUT2D eigenvalue weighted by Crippen LogP contribution is -2.24. The Labute approximate surface area is 167 Å². The minimum atomic E-state index is -3.82. The Morgan fingerprint density at radius 2 is 1.41 bits per heavy atom. The van der Waals surface area contributed by atoms with E-state index in [4.69, 9.17) is 0 Å². The molecule has 2 N–H and O–H groups in total. The molecule has 0 aliphatic carbocycles. The molecule has 0 heterocycles. The van der Waals surface area contributed by atoms with Crippen LogP contribution in [0.3, 0.4) is 0 Å². The fourth-order valence-corrected chi connectivity index (χ4v) is 3.61. The van der Waals surface area contributed by atoms with Crippen molar-refractivity contribution in [2.45, 2.75) is 18.0 Å². The van der Waals surface area contributed by atoms with Crippen molar-refractivity contribution in [3.05, 3.63) is 101 Å². The van der Waals surface area contributed by atoms with Crippen molar-refractivity contribution in [2.24, 2.45) is 0 Å². The van der Waals surface area contributed by atoms with E-state index in [2.05, 4.69) is 10.0 Å². The minimum Gasteiger partial charge on any atom is -0.348 e. The van der Waals surface area contributed by atoms with Gasteiger partial charge >= 0.3 is 0 Å². The number of sulfonamides is 1. The SMILES string of the molecule is O=C(NCc1ccc(CNS(=O)(=O)c2cccc(F)c2)cc1)c1ccc(F)cc1. The molecule has 0 aliphatic rings. The Bertz CT molecular complexity index is 1100. The molecular weight excluding hydrogens is 398 g/mol. The fourth-order valence-electron chi connectivity index (χ4n) is 2.56. The van der Waals surface area contributed by atoms with Crippen LogP contribution in [0.15, 0.2) is 77.7 Å². The first kappa shape index (κ1) is 20.6. The van der Waals surface area contributed by atoms with Gasteiger partial charge in [0.2, 0.25) is 10.0 Å². The maximum Gasteiger partial charge on any atom is 0.251 e. The van der Waals surface area contributed by atoms with Crippen LogP contribution in [0.5, 0.6) is 0 Å². The molecule has 3 aromatic carbocycles. The van der Waals surface area contributed by atoms with E-state index in [0.29, 0.717) is 11.1 Å². The molecule has 0 aromatic heterocycles. The number of carbonyl (C=O) groups excluding carboxylic acids is 1. The number of hydrogen-bond donors (Lipinski definition) is 2. The van der Waals surface area contributed by atoms with Crippen LogP contribution in [0.25, 0.3) is 0 Å². The lowest BCUT2D eigenvalue weighted by molar-refractivity contribution is 0.0951. The van der Waals surface area contributed by atoms with Gasteiger partial charge < -0.3 is 5.32 Å². The monoisotopic (exact) mass is 416 g/mol. The van der Waals surface area contributed by atoms with Crippen LogP contribution >= 0.6 is 0 Å². The Morgan fingerprint density at radius 1 is 0.793 bits per heavy atom. The molecule has 150 valence electrons. The summed E-state index contributed by atoms with van der Waals surface area (Å²) in [6.45, 7) is 0.312. The first-order valence-electron chi connectivity index (χ1n) is 8.70. The maximum atomic E-state index is 13.2. The van der Waals surface area contributed by atoms with Crippen LogP contribution in [-0.4, -0.2) is 14.3 Å². The molecule has 29 heavy (non-hydrogen) atoms. The topological polar surface area (TPSA) is 75.3 Å². The van der Waals surface area contributed by atoms with Crippen molar-refractivity contribution >= 4 is 15.9 Å². The zero-order valence-corrected chi connectivity index (χ0v) is 16.0. The van der Waals surface area contributed by atoms with Crippen molar-refractivity contribution in [1.29, 1.82) is 0 Å². The highest BCUT2D eigenvalue weighted by atomic mass is 32.2. The van der Waals surface area contributed by atoms with Crippen molar-refractivity contribution in [3.63, 3.8) is 0 Å². The van der Waals surface area contributed by atoms with Crippen LogP contribution in [0.2, 0.25) is 0 Å². The van der Waals surface area contributed by atoms with E-state index in [1.54, 1.807) is 24.3 Å². The lowest BCUT2D eigenvalue weighted by atomic mass is 10.1. The molecule has 0 saturated carbocycles. The average molecular weight is 416 g/mol. The summed E-state index contributed by atoms with van der Waals surface area (Å²) in [5.41, 5.74) is 1.88. The van der Waals surface area contributed by atoms with Crippen molar-refractivity contribution in [1.82, 2.24) is 10.0 Å². The molecule has 0 radical (unpaired) electrons. The molecule has 0 bridgehead atoms. The van der Waals surface area contributed by atoms with Crippen LogP contribution in [-0.2, 0) is 23.1 Å². The summed E-state index contributed by atoms with van der Waals surface area (Å²) in [6.07, 6.45) is 0. The molecule has 0 unspecified atom stereocenters. The van der Waals surface area contributed by atoms with Gasteiger partial charge in [0.05, 0.1) is 4.90 Å². The predicted octanol–water partition coefficient (Wildman–Crippen LogP) is 3.37. The highest BCUT2D eigenvalue weighted by Crippen LogP contribution is 2.12. The molecular formula is C21H18F2N2O3S. The normalized spacial score (nSPS) is 11.2. The smallest absolute Gasteiger partial charge is 0.251 e. The van der Waals surface area contributed by atoms with Crippen molar-refractivity contribution < 1.29 is 22.0 Å². The molecule has 0 atom stereocenters. The summed E-state index contributed by atoms with van der Waals surface area (Å²) in [5.74, 6) is -1.36. The third-order valence-electron chi connectivity index (χ3n) is 4.16. The predicted molar refractivity (Wildman–Crippen MR) is 104 cm³/mol. The Hall–Kier alpha value is -3.10. The summed E-state index contributed by atoms with van der Waals surface area (Å²) in [4.78, 5) is 11.9. The highest BCUT2D eigenvalue weighted by molar-refractivity contribution is 7.89. The zero-order chi connectivity index (χ0) is 20.9. The first-order valence-corrected chi connectivity index (χ1v) is 10.2. The third kappa shape index (κ3) is 5.69. The summed E-state index contributed by atoms with van der Waals surface area (Å²) >= 11 is 0. The second-order valence-electron chi connectivity index (χ2n) is 6.29. The third-order valence-corrected chi connectivity index (χ3v) is 5.55. The average Bonchev–Trinajstić information content (AvgIpc) is 2.72. The number of hydrogen-bond acceptors (Lipinski definition) is 3. The number of benzene rings is 3. The van der Waals surface area contributed by atoms with Gasteiger partial charge in [0, 0.05) is 18.7 Å². The molecule has 5 nitrogen and oxygen atoms in total. The standard InChI is InChI=1S/C21H18F2N2O3S/c22-18-10-8-17(9-11-18)21(26)24-13-15-4-6-16(7-5-15)14-25-29(27,28)20-3-1-2-19(23)12-20/h1-12,25H,13-14H2,(H,24,26). The number of amides is 1. The van der Waals surface area contributed by atoms with Crippen LogP contribution in [0.4, 0.5) is 8.78 Å². The highest BCUT2D eigenvalue weighted by Gasteiger charge is 2.14. The van der Waals surface area contributed by atoms with Gasteiger partial charge in [-0.1, -0.05) is 30.3 Å². The van der Waals surface area contributed by atoms with E-state index in [1.165, 1.54) is 42.5 Å². The molecule has 0 saturated heterocycles. The molecule has 0 aliphatic heterocycles. The minimum absolute atomic E-state index is 0.0427. The molecule has 0 spiro atoms. The van der Waals surface area contributed by atoms with Gasteiger partial charge in [-0.2, -0.15) is 0 Å². The van der Waals surface area contributed by atoms with E-state index < -0.39 is 21.7 Å². The number of halogens is 2. The summed E-state index contributed by atoms with van der Waals surface area (Å²) in [7, 11) is -3.82. The zero-order valence-electron chi connectivity index (χ0n) is 15.2. The van der Waals surface area contributed by atoms with Gasteiger partial charge in [-0.05, 0) is 53.6 Å². The van der Waals surface area contributed by atoms with E-state index in [-0.39, 0.29) is 23.9 Å². The van der Waals surface area contributed by atoms with Gasteiger partial charge in [0.1, 0.15) is 11.6 Å².